The smallest absolute Gasteiger partial charge is 0.377 e. The number of nitrogens with zero attached hydrogens (tertiary/aromatic N) is 10. The molecule has 1 aliphatic rings. The summed E-state index contributed by atoms with van der Waals surface area (Å²) in [6.45, 7) is 1.50. The summed E-state index contributed by atoms with van der Waals surface area (Å²) in [7, 11) is -5.49. The third-order valence-electron chi connectivity index (χ3n) is 9.41. The third-order valence-corrected chi connectivity index (χ3v) is 9.89. The van der Waals surface area contributed by atoms with Crippen LogP contribution in [0, 0.1) is 11.6 Å². The molecule has 0 saturated carbocycles. The Balaban J connectivity index is 0.989. The molecule has 7 rings (SSSR count). The Kier molecular flexibility index (Phi) is 10.8. The largest absolute Gasteiger partial charge is 0.470 e. The highest BCUT2D eigenvalue weighted by molar-refractivity contribution is 7.46. The van der Waals surface area contributed by atoms with Gasteiger partial charge in [-0.2, -0.15) is 22.0 Å². The van der Waals surface area contributed by atoms with Gasteiger partial charge in [0.2, 0.25) is 6.10 Å². The summed E-state index contributed by atoms with van der Waals surface area (Å²) in [5.41, 5.74) is -2.65. The van der Waals surface area contributed by atoms with Crippen LogP contribution in [-0.4, -0.2) is 87.4 Å². The number of piperazine rings is 1. The van der Waals surface area contributed by atoms with E-state index in [-0.39, 0.29) is 0 Å². The highest BCUT2D eigenvalue weighted by Gasteiger charge is 2.58. The molecule has 58 heavy (non-hydrogen) atoms. The highest BCUT2D eigenvalue weighted by atomic mass is 31.2. The molecule has 3 aromatic heterocycles. The lowest BCUT2D eigenvalue weighted by molar-refractivity contribution is -0.207. The zero-order valence-corrected chi connectivity index (χ0v) is 30.5. The Morgan fingerprint density at radius 3 is 1.93 bits per heavy atom. The van der Waals surface area contributed by atoms with E-state index in [4.69, 9.17) is 9.79 Å². The second-order valence-corrected chi connectivity index (χ2v) is 14.3. The number of aliphatic hydroxyl groups is 1. The van der Waals surface area contributed by atoms with Crippen LogP contribution in [0.15, 0.2) is 97.6 Å². The average Bonchev–Trinajstić information content (AvgIpc) is 3.89. The van der Waals surface area contributed by atoms with Crippen LogP contribution in [0.2, 0.25) is 0 Å². The second kappa shape index (κ2) is 15.5. The Bertz CT molecular complexity index is 2390. The van der Waals surface area contributed by atoms with Crippen molar-refractivity contribution < 1.29 is 54.7 Å². The summed E-state index contributed by atoms with van der Waals surface area (Å²) in [6.07, 6.45) is -5.10. The minimum atomic E-state index is -5.49. The molecule has 15 nitrogen and oxygen atoms in total. The number of aromatic nitrogens is 8. The highest BCUT2D eigenvalue weighted by Crippen LogP contribution is 2.49. The lowest BCUT2D eigenvalue weighted by Crippen LogP contribution is -2.48. The first kappa shape index (κ1) is 40.4. The van der Waals surface area contributed by atoms with Crippen molar-refractivity contribution in [2.75, 3.05) is 36.0 Å². The molecule has 2 atom stereocenters. The van der Waals surface area contributed by atoms with E-state index < -0.39 is 66.8 Å². The average molecular weight is 835 g/mol. The maximum Gasteiger partial charge on any atom is 0.470 e. The maximum absolute atomic E-state index is 16.2. The fourth-order valence-corrected chi connectivity index (χ4v) is 6.98. The fourth-order valence-electron chi connectivity index (χ4n) is 6.47. The first-order valence-corrected chi connectivity index (χ1v) is 18.6. The number of pyridine rings is 1. The van der Waals surface area contributed by atoms with E-state index in [0.29, 0.717) is 49.1 Å². The zero-order valence-electron chi connectivity index (χ0n) is 29.6. The number of rotatable bonds is 12. The van der Waals surface area contributed by atoms with Crippen LogP contribution in [0.3, 0.4) is 0 Å². The van der Waals surface area contributed by atoms with Crippen LogP contribution in [0.5, 0.6) is 0 Å². The van der Waals surface area contributed by atoms with Gasteiger partial charge in [-0.15, -0.1) is 10.2 Å². The van der Waals surface area contributed by atoms with E-state index in [1.807, 2.05) is 12.1 Å². The number of hydrogen-bond acceptors (Lipinski definition) is 11. The summed E-state index contributed by atoms with van der Waals surface area (Å²) in [6, 6.07) is 18.3. The van der Waals surface area contributed by atoms with E-state index in [1.165, 1.54) is 12.3 Å². The third kappa shape index (κ3) is 8.41. The van der Waals surface area contributed by atoms with Gasteiger partial charge in [0.25, 0.3) is 0 Å². The number of halogens is 7. The van der Waals surface area contributed by atoms with Crippen molar-refractivity contribution in [1.29, 1.82) is 0 Å². The molecule has 0 radical (unpaired) electrons. The van der Waals surface area contributed by atoms with E-state index in [9.17, 15) is 31.6 Å². The minimum Gasteiger partial charge on any atom is -0.377 e. The molecule has 6 aromatic rings. The van der Waals surface area contributed by atoms with Gasteiger partial charge in [0.05, 0.1) is 18.4 Å². The van der Waals surface area contributed by atoms with E-state index >= 15 is 8.78 Å². The van der Waals surface area contributed by atoms with Crippen molar-refractivity contribution in [2.45, 2.75) is 30.3 Å². The first-order chi connectivity index (χ1) is 27.4. The first-order valence-electron chi connectivity index (χ1n) is 17.1. The molecule has 0 spiro atoms. The van der Waals surface area contributed by atoms with Gasteiger partial charge in [-0.25, -0.2) is 22.7 Å². The molecule has 3 aromatic carbocycles. The van der Waals surface area contributed by atoms with Gasteiger partial charge in [-0.05, 0) is 70.6 Å². The summed E-state index contributed by atoms with van der Waals surface area (Å²) in [5.74, 6) is -6.62. The van der Waals surface area contributed by atoms with Crippen LogP contribution in [0.1, 0.15) is 23.1 Å². The summed E-state index contributed by atoms with van der Waals surface area (Å²) in [4.78, 5) is 26.0. The Labute approximate surface area is 323 Å². The predicted octanol–water partition coefficient (Wildman–Crippen LogP) is 5.31. The van der Waals surface area contributed by atoms with Crippen molar-refractivity contribution >= 4 is 19.2 Å². The molecule has 1 fully saturated rings. The zero-order chi connectivity index (χ0) is 41.5. The molecule has 3 N–H and O–H groups in total. The Hall–Kier alpha value is -5.80. The maximum atomic E-state index is 16.2. The molecule has 23 heteroatoms. The number of phosphoric acid groups is 1. The van der Waals surface area contributed by atoms with E-state index in [0.717, 1.165) is 51.5 Å². The van der Waals surface area contributed by atoms with Crippen molar-refractivity contribution in [3.8, 4) is 16.8 Å². The summed E-state index contributed by atoms with van der Waals surface area (Å²) >= 11 is 0. The SMILES string of the molecule is O=P(O)(O)OC(c1cn(-c2ccc(N3CCN(c4ccc(-c5ccc(C(F)(F)C(O)(Cn6cnnn6)c6ccc(F)cc6F)nc5)cc4)CC3)cc2)nn1)C(F)(F)F. The van der Waals surface area contributed by atoms with Crippen molar-refractivity contribution in [3.63, 3.8) is 0 Å². The van der Waals surface area contributed by atoms with Gasteiger partial charge in [-0.3, -0.25) is 9.51 Å². The minimum absolute atomic E-state index is 0.347. The Morgan fingerprint density at radius 1 is 0.793 bits per heavy atom. The fraction of sp³-hybridized carbons (Fsp3) is 0.257. The molecule has 0 amide bonds. The number of tetrazole rings is 1. The molecular formula is C35H30F7N10O5P. The predicted molar refractivity (Wildman–Crippen MR) is 189 cm³/mol. The number of hydrogen-bond donors (Lipinski definition) is 3. The van der Waals surface area contributed by atoms with Gasteiger partial charge in [0, 0.05) is 60.9 Å². The molecule has 4 heterocycles. The molecule has 1 saturated heterocycles. The van der Waals surface area contributed by atoms with Gasteiger partial charge < -0.3 is 24.7 Å². The normalized spacial score (nSPS) is 15.7. The summed E-state index contributed by atoms with van der Waals surface area (Å²) < 4.78 is 118. The van der Waals surface area contributed by atoms with Crippen LogP contribution in [0.25, 0.3) is 16.8 Å². The van der Waals surface area contributed by atoms with Crippen molar-refractivity contribution in [1.82, 2.24) is 40.2 Å². The molecule has 0 bridgehead atoms. The van der Waals surface area contributed by atoms with Crippen LogP contribution in [-0.2, 0) is 27.2 Å². The number of benzene rings is 3. The van der Waals surface area contributed by atoms with Gasteiger partial charge in [0.1, 0.15) is 29.3 Å². The van der Waals surface area contributed by atoms with Crippen LogP contribution in [0.4, 0.5) is 42.1 Å². The van der Waals surface area contributed by atoms with E-state index in [1.54, 1.807) is 36.4 Å². The number of alkyl halides is 5. The molecule has 1 aliphatic heterocycles. The number of anilines is 2. The summed E-state index contributed by atoms with van der Waals surface area (Å²) in [5, 5.41) is 28.7. The molecule has 2 unspecified atom stereocenters. The molecule has 304 valence electrons. The lowest BCUT2D eigenvalue weighted by atomic mass is 9.84. The number of phosphoric ester groups is 1. The monoisotopic (exact) mass is 834 g/mol. The lowest BCUT2D eigenvalue weighted by Gasteiger charge is -2.37. The molecule has 0 aliphatic carbocycles. The van der Waals surface area contributed by atoms with Gasteiger partial charge in [-0.1, -0.05) is 23.4 Å². The van der Waals surface area contributed by atoms with Gasteiger partial charge in [0.15, 0.2) is 5.60 Å². The Morgan fingerprint density at radius 2 is 1.40 bits per heavy atom. The second-order valence-electron chi connectivity index (χ2n) is 13.1. The van der Waals surface area contributed by atoms with E-state index in [2.05, 4.69) is 45.1 Å². The topological polar surface area (TPSA) is 181 Å². The van der Waals surface area contributed by atoms with Crippen LogP contribution >= 0.6 is 7.82 Å². The van der Waals surface area contributed by atoms with Crippen molar-refractivity contribution in [3.05, 3.63) is 126 Å². The van der Waals surface area contributed by atoms with Crippen LogP contribution < -0.4 is 9.80 Å². The van der Waals surface area contributed by atoms with Gasteiger partial charge >= 0.3 is 19.9 Å². The quantitative estimate of drug-likeness (QED) is 0.107. The molecular weight excluding hydrogens is 804 g/mol. The van der Waals surface area contributed by atoms with Crippen molar-refractivity contribution in [2.24, 2.45) is 0 Å². The standard InChI is InChI=1S/C35H30F7N10O5P/c36-24-4-11-28(29(37)17-24)33(53,20-51-21-44-46-48-51)34(38,39)31-12-3-23(18-43-31)22-1-5-25(6-2-22)49-13-15-50(16-14-49)26-7-9-27(10-8-26)52-19-30(45-47-52)32(35(40,41)42)57-58(54,55)56/h1-12,17-19,21,32,53H,13-16,20H2,(H2,54,55,56).